The summed E-state index contributed by atoms with van der Waals surface area (Å²) in [4.78, 5) is 22.0. The van der Waals surface area contributed by atoms with Crippen molar-refractivity contribution in [3.05, 3.63) is 0 Å². The molecular weight excluding hydrogens is 158 g/mol. The lowest BCUT2D eigenvalue weighted by Crippen LogP contribution is -2.55. The molecule has 0 aromatic rings. The Balaban J connectivity index is 2.42. The van der Waals surface area contributed by atoms with Crippen LogP contribution >= 0.6 is 0 Å². The van der Waals surface area contributed by atoms with Crippen LogP contribution in [0.25, 0.3) is 0 Å². The molecule has 1 aliphatic heterocycles. The number of esters is 1. The predicted molar refractivity (Wildman–Crippen MR) is 42.3 cm³/mol. The van der Waals surface area contributed by atoms with Crippen LogP contribution in [0, 0.1) is 5.41 Å². The van der Waals surface area contributed by atoms with E-state index in [-0.39, 0.29) is 11.9 Å². The van der Waals surface area contributed by atoms with Crippen LogP contribution < -0.4 is 5.32 Å². The molecule has 68 valence electrons. The van der Waals surface area contributed by atoms with Gasteiger partial charge >= 0.3 is 5.97 Å². The third kappa shape index (κ3) is 1.75. The lowest BCUT2D eigenvalue weighted by molar-refractivity contribution is -0.165. The van der Waals surface area contributed by atoms with Crippen molar-refractivity contribution >= 4 is 11.9 Å². The van der Waals surface area contributed by atoms with E-state index in [1.807, 2.05) is 0 Å². The largest absolute Gasteiger partial charge is 0.461 e. The first-order valence-electron chi connectivity index (χ1n) is 3.89. The van der Waals surface area contributed by atoms with Gasteiger partial charge in [0, 0.05) is 5.41 Å². The summed E-state index contributed by atoms with van der Waals surface area (Å²) >= 11 is 0. The molecule has 4 nitrogen and oxygen atoms in total. The Morgan fingerprint density at radius 2 is 2.17 bits per heavy atom. The number of nitrogens with one attached hydrogen (secondary N) is 1. The molecule has 1 fully saturated rings. The fourth-order valence-electron chi connectivity index (χ4n) is 0.710. The molecule has 1 rings (SSSR count). The van der Waals surface area contributed by atoms with Crippen molar-refractivity contribution in [1.82, 2.24) is 5.32 Å². The van der Waals surface area contributed by atoms with Gasteiger partial charge < -0.3 is 10.1 Å². The minimum atomic E-state index is -0.449. The van der Waals surface area contributed by atoms with E-state index in [1.165, 1.54) is 0 Å². The highest BCUT2D eigenvalue weighted by molar-refractivity contribution is 5.89. The van der Waals surface area contributed by atoms with Gasteiger partial charge in [-0.05, 0) is 0 Å². The summed E-state index contributed by atoms with van der Waals surface area (Å²) in [5, 5.41) is 2.59. The average molecular weight is 171 g/mol. The molecule has 1 amide bonds. The van der Waals surface area contributed by atoms with Crippen molar-refractivity contribution < 1.29 is 14.3 Å². The Morgan fingerprint density at radius 1 is 1.58 bits per heavy atom. The average Bonchev–Trinajstić information content (AvgIpc) is 1.95. The van der Waals surface area contributed by atoms with Crippen molar-refractivity contribution in [1.29, 1.82) is 0 Å². The Kier molecular flexibility index (Phi) is 2.08. The van der Waals surface area contributed by atoms with E-state index in [9.17, 15) is 9.59 Å². The van der Waals surface area contributed by atoms with Crippen molar-refractivity contribution in [2.45, 2.75) is 26.8 Å². The van der Waals surface area contributed by atoms with Crippen LogP contribution in [0.4, 0.5) is 0 Å². The zero-order valence-corrected chi connectivity index (χ0v) is 7.51. The monoisotopic (exact) mass is 171 g/mol. The predicted octanol–water partition coefficient (Wildman–Crippen LogP) is 0.0741. The molecule has 1 aliphatic rings. The van der Waals surface area contributed by atoms with E-state index >= 15 is 0 Å². The summed E-state index contributed by atoms with van der Waals surface area (Å²) in [6, 6.07) is -0.420. The SMILES string of the molecule is CC(C)(C)C(=O)N[C@H]1COC1=O. The Morgan fingerprint density at radius 3 is 2.42 bits per heavy atom. The Labute approximate surface area is 71.3 Å². The van der Waals surface area contributed by atoms with Crippen LogP contribution in [-0.2, 0) is 14.3 Å². The highest BCUT2D eigenvalue weighted by atomic mass is 16.6. The number of amides is 1. The maximum atomic E-state index is 11.3. The van der Waals surface area contributed by atoms with Crippen LogP contribution in [0.3, 0.4) is 0 Å². The van der Waals surface area contributed by atoms with Gasteiger partial charge in [-0.25, -0.2) is 4.79 Å². The van der Waals surface area contributed by atoms with E-state index < -0.39 is 11.5 Å². The highest BCUT2D eigenvalue weighted by Gasteiger charge is 2.34. The van der Waals surface area contributed by atoms with Crippen LogP contribution in [-0.4, -0.2) is 24.5 Å². The number of carbonyl (C=O) groups is 2. The first-order chi connectivity index (χ1) is 5.41. The summed E-state index contributed by atoms with van der Waals surface area (Å²) in [6.45, 7) is 5.70. The third-order valence-corrected chi connectivity index (χ3v) is 1.66. The molecule has 1 N–H and O–H groups in total. The smallest absolute Gasteiger partial charge is 0.332 e. The van der Waals surface area contributed by atoms with Crippen LogP contribution in [0.1, 0.15) is 20.8 Å². The maximum Gasteiger partial charge on any atom is 0.332 e. The van der Waals surface area contributed by atoms with Gasteiger partial charge in [0.2, 0.25) is 5.91 Å². The number of hydrogen-bond acceptors (Lipinski definition) is 3. The lowest BCUT2D eigenvalue weighted by atomic mass is 9.95. The Hall–Kier alpha value is -1.06. The van der Waals surface area contributed by atoms with E-state index in [1.54, 1.807) is 20.8 Å². The van der Waals surface area contributed by atoms with Gasteiger partial charge in [0.25, 0.3) is 0 Å². The number of carbonyl (C=O) groups excluding carboxylic acids is 2. The number of rotatable bonds is 1. The molecule has 1 atom stereocenters. The van der Waals surface area contributed by atoms with Crippen molar-refractivity contribution in [3.8, 4) is 0 Å². The van der Waals surface area contributed by atoms with Gasteiger partial charge in [-0.3, -0.25) is 4.79 Å². The van der Waals surface area contributed by atoms with E-state index in [0.717, 1.165) is 0 Å². The van der Waals surface area contributed by atoms with Gasteiger partial charge in [-0.1, -0.05) is 20.8 Å². The first-order valence-corrected chi connectivity index (χ1v) is 3.89. The van der Waals surface area contributed by atoms with Crippen molar-refractivity contribution in [2.75, 3.05) is 6.61 Å². The molecule has 0 unspecified atom stereocenters. The van der Waals surface area contributed by atoms with Crippen LogP contribution in [0.15, 0.2) is 0 Å². The van der Waals surface area contributed by atoms with E-state index in [0.29, 0.717) is 6.61 Å². The molecule has 0 radical (unpaired) electrons. The van der Waals surface area contributed by atoms with Gasteiger partial charge in [-0.2, -0.15) is 0 Å². The summed E-state index contributed by atoms with van der Waals surface area (Å²) in [5.41, 5.74) is -0.449. The fourth-order valence-corrected chi connectivity index (χ4v) is 0.710. The van der Waals surface area contributed by atoms with Crippen LogP contribution in [0.5, 0.6) is 0 Å². The van der Waals surface area contributed by atoms with Gasteiger partial charge in [0.15, 0.2) is 6.04 Å². The van der Waals surface area contributed by atoms with E-state index in [4.69, 9.17) is 0 Å². The second-order valence-electron chi connectivity index (χ2n) is 3.91. The molecule has 0 aromatic heterocycles. The normalized spacial score (nSPS) is 22.6. The molecule has 0 saturated carbocycles. The number of hydrogen-bond donors (Lipinski definition) is 1. The number of cyclic esters (lactones) is 1. The number of ether oxygens (including phenoxy) is 1. The standard InChI is InChI=1S/C8H13NO3/c1-8(2,3)7(11)9-5-4-12-6(5)10/h5H,4H2,1-3H3,(H,9,11)/t5-/m0/s1. The summed E-state index contributed by atoms with van der Waals surface area (Å²) in [7, 11) is 0. The van der Waals surface area contributed by atoms with Gasteiger partial charge in [-0.15, -0.1) is 0 Å². The maximum absolute atomic E-state index is 11.3. The quantitative estimate of drug-likeness (QED) is 0.568. The molecule has 1 heterocycles. The summed E-state index contributed by atoms with van der Waals surface area (Å²) in [6.07, 6.45) is 0. The minimum Gasteiger partial charge on any atom is -0.461 e. The zero-order chi connectivity index (χ0) is 9.35. The van der Waals surface area contributed by atoms with Crippen molar-refractivity contribution in [2.24, 2.45) is 5.41 Å². The molecule has 0 bridgehead atoms. The third-order valence-electron chi connectivity index (χ3n) is 1.66. The first kappa shape index (κ1) is 9.03. The topological polar surface area (TPSA) is 55.4 Å². The van der Waals surface area contributed by atoms with Crippen molar-refractivity contribution in [3.63, 3.8) is 0 Å². The minimum absolute atomic E-state index is 0.121. The van der Waals surface area contributed by atoms with Gasteiger partial charge in [0.1, 0.15) is 6.61 Å². The summed E-state index contributed by atoms with van der Waals surface area (Å²) < 4.78 is 4.50. The zero-order valence-electron chi connectivity index (χ0n) is 7.51. The molecular formula is C8H13NO3. The molecule has 0 aromatic carbocycles. The Bertz CT molecular complexity index is 217. The van der Waals surface area contributed by atoms with Gasteiger partial charge in [0.05, 0.1) is 0 Å². The van der Waals surface area contributed by atoms with E-state index in [2.05, 4.69) is 10.1 Å². The summed E-state index contributed by atoms with van der Waals surface area (Å²) in [5.74, 6) is -0.461. The highest BCUT2D eigenvalue weighted by Crippen LogP contribution is 2.14. The van der Waals surface area contributed by atoms with Crippen LogP contribution in [0.2, 0.25) is 0 Å². The second kappa shape index (κ2) is 2.77. The second-order valence-corrected chi connectivity index (χ2v) is 3.91. The molecule has 0 spiro atoms. The lowest BCUT2D eigenvalue weighted by Gasteiger charge is -2.28. The molecule has 1 saturated heterocycles. The molecule has 0 aliphatic carbocycles. The molecule has 12 heavy (non-hydrogen) atoms. The fraction of sp³-hybridized carbons (Fsp3) is 0.750. The molecule has 4 heteroatoms.